The number of guanidine groups is 1. The summed E-state index contributed by atoms with van der Waals surface area (Å²) in [5.41, 5.74) is 2.71. The number of benzene rings is 1. The van der Waals surface area contributed by atoms with Crippen LogP contribution < -0.4 is 5.32 Å². The summed E-state index contributed by atoms with van der Waals surface area (Å²) in [7, 11) is 6.19. The lowest BCUT2D eigenvalue weighted by Crippen LogP contribution is -2.44. The van der Waals surface area contributed by atoms with Gasteiger partial charge in [-0.3, -0.25) is 4.99 Å². The lowest BCUT2D eigenvalue weighted by Gasteiger charge is -2.31. The van der Waals surface area contributed by atoms with E-state index in [0.717, 1.165) is 31.4 Å². The van der Waals surface area contributed by atoms with Gasteiger partial charge in [-0.05, 0) is 49.9 Å². The first-order chi connectivity index (χ1) is 11.1. The van der Waals surface area contributed by atoms with Crippen molar-refractivity contribution in [2.24, 2.45) is 10.9 Å². The molecule has 1 atom stereocenters. The van der Waals surface area contributed by atoms with E-state index in [1.165, 1.54) is 37.1 Å². The fourth-order valence-electron chi connectivity index (χ4n) is 3.29. The Balaban J connectivity index is 1.84. The third-order valence-electron chi connectivity index (χ3n) is 4.70. The minimum absolute atomic E-state index is 0.725. The molecule has 0 saturated carbocycles. The van der Waals surface area contributed by atoms with Gasteiger partial charge in [0.1, 0.15) is 0 Å². The maximum Gasteiger partial charge on any atom is 0.193 e. The number of piperidine rings is 1. The smallest absolute Gasteiger partial charge is 0.193 e. The summed E-state index contributed by atoms with van der Waals surface area (Å²) in [6.45, 7) is 6.50. The largest absolute Gasteiger partial charge is 0.356 e. The monoisotopic (exact) mass is 316 g/mol. The average Bonchev–Trinajstić information content (AvgIpc) is 2.56. The molecule has 1 aromatic carbocycles. The number of nitrogens with one attached hydrogen (secondary N) is 1. The number of likely N-dealkylation sites (tertiary alicyclic amines) is 1. The maximum absolute atomic E-state index is 4.44. The first kappa shape index (κ1) is 17.8. The Kier molecular flexibility index (Phi) is 6.90. The van der Waals surface area contributed by atoms with Crippen LogP contribution in [-0.4, -0.2) is 56.5 Å². The van der Waals surface area contributed by atoms with Gasteiger partial charge in [-0.25, -0.2) is 0 Å². The molecule has 1 N–H and O–H groups in total. The SMILES string of the molecule is CCc1ccc(CN(C)C(=NC)NCC2CCCN(C)C2)cc1. The van der Waals surface area contributed by atoms with Gasteiger partial charge in [-0.2, -0.15) is 0 Å². The predicted octanol–water partition coefficient (Wildman–Crippen LogP) is 2.60. The molecule has 1 aromatic rings. The minimum Gasteiger partial charge on any atom is -0.356 e. The van der Waals surface area contributed by atoms with Crippen molar-refractivity contribution in [1.29, 1.82) is 0 Å². The van der Waals surface area contributed by atoms with Crippen LogP contribution in [0.1, 0.15) is 30.9 Å². The lowest BCUT2D eigenvalue weighted by atomic mass is 9.98. The van der Waals surface area contributed by atoms with Gasteiger partial charge < -0.3 is 15.1 Å². The molecule has 2 rings (SSSR count). The van der Waals surface area contributed by atoms with E-state index in [-0.39, 0.29) is 0 Å². The third kappa shape index (κ3) is 5.54. The zero-order valence-corrected chi connectivity index (χ0v) is 15.2. The fourth-order valence-corrected chi connectivity index (χ4v) is 3.29. The van der Waals surface area contributed by atoms with E-state index in [1.807, 2.05) is 7.05 Å². The van der Waals surface area contributed by atoms with E-state index in [4.69, 9.17) is 0 Å². The molecule has 1 heterocycles. The highest BCUT2D eigenvalue weighted by Crippen LogP contribution is 2.14. The molecule has 0 aromatic heterocycles. The van der Waals surface area contributed by atoms with E-state index in [1.54, 1.807) is 0 Å². The zero-order valence-electron chi connectivity index (χ0n) is 15.2. The van der Waals surface area contributed by atoms with Crippen LogP contribution in [-0.2, 0) is 13.0 Å². The van der Waals surface area contributed by atoms with E-state index in [2.05, 4.69) is 65.4 Å². The molecule has 4 nitrogen and oxygen atoms in total. The van der Waals surface area contributed by atoms with Gasteiger partial charge in [0.25, 0.3) is 0 Å². The van der Waals surface area contributed by atoms with Crippen molar-refractivity contribution in [3.05, 3.63) is 35.4 Å². The normalized spacial score (nSPS) is 19.7. The van der Waals surface area contributed by atoms with Crippen LogP contribution in [0, 0.1) is 5.92 Å². The zero-order chi connectivity index (χ0) is 16.7. The van der Waals surface area contributed by atoms with Gasteiger partial charge in [-0.1, -0.05) is 31.2 Å². The van der Waals surface area contributed by atoms with Crippen molar-refractivity contribution < 1.29 is 0 Å². The summed E-state index contributed by atoms with van der Waals surface area (Å²) < 4.78 is 0. The van der Waals surface area contributed by atoms with Crippen LogP contribution in [0.15, 0.2) is 29.3 Å². The highest BCUT2D eigenvalue weighted by Gasteiger charge is 2.18. The predicted molar refractivity (Wildman–Crippen MR) is 98.9 cm³/mol. The summed E-state index contributed by atoms with van der Waals surface area (Å²) in [6, 6.07) is 8.88. The van der Waals surface area contributed by atoms with Gasteiger partial charge in [0.15, 0.2) is 5.96 Å². The van der Waals surface area contributed by atoms with Crippen LogP contribution in [0.5, 0.6) is 0 Å². The van der Waals surface area contributed by atoms with Crippen LogP contribution in [0.4, 0.5) is 0 Å². The van der Waals surface area contributed by atoms with Crippen molar-refractivity contribution in [3.8, 4) is 0 Å². The third-order valence-corrected chi connectivity index (χ3v) is 4.70. The molecule has 128 valence electrons. The van der Waals surface area contributed by atoms with Crippen molar-refractivity contribution in [2.45, 2.75) is 32.7 Å². The summed E-state index contributed by atoms with van der Waals surface area (Å²) in [5, 5.41) is 3.55. The maximum atomic E-state index is 4.44. The summed E-state index contributed by atoms with van der Waals surface area (Å²) in [6.07, 6.45) is 3.72. The number of rotatable bonds is 5. The average molecular weight is 316 g/mol. The minimum atomic E-state index is 0.725. The summed E-state index contributed by atoms with van der Waals surface area (Å²) >= 11 is 0. The lowest BCUT2D eigenvalue weighted by molar-refractivity contribution is 0.209. The van der Waals surface area contributed by atoms with Crippen LogP contribution in [0.25, 0.3) is 0 Å². The van der Waals surface area contributed by atoms with Crippen molar-refractivity contribution in [1.82, 2.24) is 15.1 Å². The number of nitrogens with zero attached hydrogens (tertiary/aromatic N) is 3. The Bertz CT molecular complexity index is 495. The second kappa shape index (κ2) is 8.92. The van der Waals surface area contributed by atoms with Gasteiger partial charge in [0, 0.05) is 33.7 Å². The molecule has 1 aliphatic heterocycles. The molecular formula is C19H32N4. The van der Waals surface area contributed by atoms with Crippen LogP contribution in [0.3, 0.4) is 0 Å². The summed E-state index contributed by atoms with van der Waals surface area (Å²) in [4.78, 5) is 9.07. The fraction of sp³-hybridized carbons (Fsp3) is 0.632. The number of aryl methyl sites for hydroxylation is 1. The van der Waals surface area contributed by atoms with E-state index >= 15 is 0 Å². The number of hydrogen-bond donors (Lipinski definition) is 1. The molecule has 0 spiro atoms. The molecule has 0 aliphatic carbocycles. The van der Waals surface area contributed by atoms with Crippen LogP contribution >= 0.6 is 0 Å². The highest BCUT2D eigenvalue weighted by molar-refractivity contribution is 5.79. The van der Waals surface area contributed by atoms with Crippen molar-refractivity contribution in [3.63, 3.8) is 0 Å². The van der Waals surface area contributed by atoms with Crippen molar-refractivity contribution >= 4 is 5.96 Å². The summed E-state index contributed by atoms with van der Waals surface area (Å²) in [5.74, 6) is 1.71. The Labute approximate surface area is 141 Å². The van der Waals surface area contributed by atoms with Gasteiger partial charge in [0.05, 0.1) is 0 Å². The van der Waals surface area contributed by atoms with Gasteiger partial charge in [0.2, 0.25) is 0 Å². The first-order valence-corrected chi connectivity index (χ1v) is 8.80. The Morgan fingerprint density at radius 2 is 2.00 bits per heavy atom. The molecule has 4 heteroatoms. The second-order valence-electron chi connectivity index (χ2n) is 6.72. The first-order valence-electron chi connectivity index (χ1n) is 8.80. The molecule has 0 radical (unpaired) electrons. The Morgan fingerprint density at radius 1 is 1.30 bits per heavy atom. The molecule has 23 heavy (non-hydrogen) atoms. The standard InChI is InChI=1S/C19H32N4/c1-5-16-8-10-17(11-9-16)15-23(4)19(20-2)21-13-18-7-6-12-22(3)14-18/h8-11,18H,5-7,12-15H2,1-4H3,(H,20,21). The molecule has 0 bridgehead atoms. The van der Waals surface area contributed by atoms with E-state index < -0.39 is 0 Å². The molecule has 1 saturated heterocycles. The molecule has 1 fully saturated rings. The quantitative estimate of drug-likeness (QED) is 0.669. The molecule has 1 unspecified atom stereocenters. The van der Waals surface area contributed by atoms with E-state index in [9.17, 15) is 0 Å². The van der Waals surface area contributed by atoms with Gasteiger partial charge >= 0.3 is 0 Å². The van der Waals surface area contributed by atoms with E-state index in [0.29, 0.717) is 0 Å². The topological polar surface area (TPSA) is 30.9 Å². The van der Waals surface area contributed by atoms with Crippen LogP contribution in [0.2, 0.25) is 0 Å². The number of hydrogen-bond acceptors (Lipinski definition) is 2. The molecular weight excluding hydrogens is 284 g/mol. The molecule has 1 aliphatic rings. The van der Waals surface area contributed by atoms with Gasteiger partial charge in [-0.15, -0.1) is 0 Å². The second-order valence-corrected chi connectivity index (χ2v) is 6.72. The highest BCUT2D eigenvalue weighted by atomic mass is 15.3. The Hall–Kier alpha value is -1.55. The molecule has 0 amide bonds. The van der Waals surface area contributed by atoms with Crippen molar-refractivity contribution in [2.75, 3.05) is 40.8 Å². The number of aliphatic imine (C=N–C) groups is 1. The Morgan fingerprint density at radius 3 is 2.61 bits per heavy atom.